The van der Waals surface area contributed by atoms with Crippen molar-refractivity contribution in [2.75, 3.05) is 0 Å². The fourth-order valence-electron chi connectivity index (χ4n) is 5.04. The number of aliphatic hydroxyl groups is 11. The zero-order valence-corrected chi connectivity index (χ0v) is 24.2. The Kier molecular flexibility index (Phi) is 22.4. The molecule has 0 fully saturated rings. The number of hydrogen-bond acceptors (Lipinski definition) is 11. The summed E-state index contributed by atoms with van der Waals surface area (Å²) in [6.07, 6.45) is -6.18. The Morgan fingerprint density at radius 1 is 0.400 bits per heavy atom. The van der Waals surface area contributed by atoms with Crippen molar-refractivity contribution in [1.82, 2.24) is 0 Å². The first-order chi connectivity index (χ1) is 18.7. The zero-order chi connectivity index (χ0) is 30.7. The summed E-state index contributed by atoms with van der Waals surface area (Å²) in [7, 11) is 0. The molecule has 0 saturated carbocycles. The van der Waals surface area contributed by atoms with Gasteiger partial charge in [-0.05, 0) is 77.0 Å². The monoisotopic (exact) mass is 582 g/mol. The van der Waals surface area contributed by atoms with Gasteiger partial charge in [-0.25, -0.2) is 0 Å². The van der Waals surface area contributed by atoms with E-state index in [0.29, 0.717) is 12.8 Å². The number of aliphatic hydroxyl groups excluding tert-OH is 11. The Morgan fingerprint density at radius 2 is 0.650 bits per heavy atom. The summed E-state index contributed by atoms with van der Waals surface area (Å²) in [4.78, 5) is 0. The van der Waals surface area contributed by atoms with Gasteiger partial charge in [0.05, 0.1) is 67.1 Å². The predicted molar refractivity (Wildman–Crippen MR) is 151 cm³/mol. The third-order valence-electron chi connectivity index (χ3n) is 7.02. The maximum Gasteiger partial charge on any atom is 0.0599 e. The molecule has 0 aliphatic heterocycles. The van der Waals surface area contributed by atoms with Crippen molar-refractivity contribution >= 4 is 0 Å². The minimum absolute atomic E-state index is 0.0138. The molecule has 11 N–H and O–H groups in total. The van der Waals surface area contributed by atoms with E-state index in [1.54, 1.807) is 0 Å². The van der Waals surface area contributed by atoms with Gasteiger partial charge in [-0.3, -0.25) is 0 Å². The minimum Gasteiger partial charge on any atom is -0.393 e. The third-order valence-corrected chi connectivity index (χ3v) is 7.02. The molecule has 240 valence electrons. The molecule has 0 amide bonds. The normalized spacial score (nSPS) is 20.5. The molecule has 0 spiro atoms. The maximum atomic E-state index is 10.2. The highest BCUT2D eigenvalue weighted by Crippen LogP contribution is 2.19. The molecule has 0 aromatic heterocycles. The lowest BCUT2D eigenvalue weighted by molar-refractivity contribution is -0.0143. The summed E-state index contributed by atoms with van der Waals surface area (Å²) in [6, 6.07) is 0. The van der Waals surface area contributed by atoms with Crippen LogP contribution < -0.4 is 0 Å². The number of unbranched alkanes of at least 4 members (excludes halogenated alkanes) is 2. The fourth-order valence-corrected chi connectivity index (χ4v) is 5.04. The van der Waals surface area contributed by atoms with Crippen LogP contribution in [0.1, 0.15) is 103 Å². The lowest BCUT2D eigenvalue weighted by Gasteiger charge is -2.24. The SMILES string of the molecule is C=CCC(O)CC(O)CC(O)CC(O)CC(O)CC(O)CC(O)CC(O)CC(O)CC(O)CC(O)CCCCC. The van der Waals surface area contributed by atoms with Crippen LogP contribution in [0.2, 0.25) is 0 Å². The van der Waals surface area contributed by atoms with Gasteiger partial charge in [0.1, 0.15) is 0 Å². The topological polar surface area (TPSA) is 223 Å². The molecule has 0 heterocycles. The summed E-state index contributed by atoms with van der Waals surface area (Å²) >= 11 is 0. The lowest BCUT2D eigenvalue weighted by atomic mass is 9.94. The second-order valence-corrected chi connectivity index (χ2v) is 11.6. The van der Waals surface area contributed by atoms with Crippen molar-refractivity contribution in [1.29, 1.82) is 0 Å². The number of rotatable bonds is 26. The Hall–Kier alpha value is -0.700. The van der Waals surface area contributed by atoms with Crippen LogP contribution in [-0.4, -0.2) is 123 Å². The Bertz CT molecular complexity index is 611. The van der Waals surface area contributed by atoms with Gasteiger partial charge >= 0.3 is 0 Å². The molecule has 0 aromatic carbocycles. The van der Waals surface area contributed by atoms with Crippen molar-refractivity contribution < 1.29 is 56.2 Å². The van der Waals surface area contributed by atoms with Gasteiger partial charge < -0.3 is 56.2 Å². The van der Waals surface area contributed by atoms with Crippen molar-refractivity contribution in [3.8, 4) is 0 Å². The minimum atomic E-state index is -1.12. The van der Waals surface area contributed by atoms with Crippen molar-refractivity contribution in [2.45, 2.75) is 170 Å². The molecule has 0 saturated heterocycles. The third kappa shape index (κ3) is 22.0. The molecule has 0 aromatic rings. The van der Waals surface area contributed by atoms with Crippen molar-refractivity contribution in [2.24, 2.45) is 0 Å². The molecule has 40 heavy (non-hydrogen) atoms. The van der Waals surface area contributed by atoms with Gasteiger partial charge in [0.25, 0.3) is 0 Å². The molecular formula is C29H58O11. The van der Waals surface area contributed by atoms with Crippen LogP contribution in [0.5, 0.6) is 0 Å². The summed E-state index contributed by atoms with van der Waals surface area (Å²) < 4.78 is 0. The average Bonchev–Trinajstić information content (AvgIpc) is 2.77. The van der Waals surface area contributed by atoms with Crippen LogP contribution >= 0.6 is 0 Å². The van der Waals surface area contributed by atoms with Crippen LogP contribution in [0.15, 0.2) is 12.7 Å². The smallest absolute Gasteiger partial charge is 0.0599 e. The van der Waals surface area contributed by atoms with E-state index in [0.717, 1.165) is 19.3 Å². The van der Waals surface area contributed by atoms with E-state index in [2.05, 4.69) is 13.5 Å². The molecule has 0 rings (SSSR count). The molecule has 0 radical (unpaired) electrons. The van der Waals surface area contributed by atoms with E-state index in [4.69, 9.17) is 0 Å². The average molecular weight is 583 g/mol. The summed E-state index contributed by atoms with van der Waals surface area (Å²) in [5.41, 5.74) is 0. The maximum absolute atomic E-state index is 10.2. The van der Waals surface area contributed by atoms with Crippen LogP contribution in [0.25, 0.3) is 0 Å². The molecule has 11 atom stereocenters. The highest BCUT2D eigenvalue weighted by molar-refractivity contribution is 4.78. The molecule has 0 aliphatic carbocycles. The molecule has 0 aliphatic rings. The van der Waals surface area contributed by atoms with E-state index in [1.165, 1.54) is 6.08 Å². The second-order valence-electron chi connectivity index (χ2n) is 11.6. The molecular weight excluding hydrogens is 524 g/mol. The van der Waals surface area contributed by atoms with Crippen molar-refractivity contribution in [3.05, 3.63) is 12.7 Å². The van der Waals surface area contributed by atoms with E-state index in [9.17, 15) is 56.2 Å². The van der Waals surface area contributed by atoms with Gasteiger partial charge in [-0.15, -0.1) is 6.58 Å². The van der Waals surface area contributed by atoms with Crippen LogP contribution in [0, 0.1) is 0 Å². The first kappa shape index (κ1) is 39.3. The highest BCUT2D eigenvalue weighted by Gasteiger charge is 2.24. The van der Waals surface area contributed by atoms with E-state index >= 15 is 0 Å². The summed E-state index contributed by atoms with van der Waals surface area (Å²) in [6.45, 7) is 5.56. The molecule has 11 heteroatoms. The Balaban J connectivity index is 4.24. The van der Waals surface area contributed by atoms with Gasteiger partial charge in [-0.1, -0.05) is 32.3 Å². The van der Waals surface area contributed by atoms with E-state index < -0.39 is 67.1 Å². The van der Waals surface area contributed by atoms with Gasteiger partial charge in [0.2, 0.25) is 0 Å². The van der Waals surface area contributed by atoms with Gasteiger partial charge in [0, 0.05) is 0 Å². The second kappa shape index (κ2) is 22.8. The Labute approximate surface area is 239 Å². The molecule has 11 unspecified atom stereocenters. The first-order valence-corrected chi connectivity index (χ1v) is 14.8. The van der Waals surface area contributed by atoms with Crippen LogP contribution in [-0.2, 0) is 0 Å². The standard InChI is InChI=1S/C29H58O11/c1-3-5-6-8-20(31)10-22(33)12-24(35)14-26(37)16-28(39)18-29(40)17-27(38)15-25(36)13-23(34)11-21(32)9-19(30)7-4-2/h4,19-40H,2-3,5-18H2,1H3. The summed E-state index contributed by atoms with van der Waals surface area (Å²) in [5.74, 6) is 0. The quantitative estimate of drug-likeness (QED) is 0.0481. The van der Waals surface area contributed by atoms with E-state index in [1.807, 2.05) is 0 Å². The van der Waals surface area contributed by atoms with Crippen LogP contribution in [0.3, 0.4) is 0 Å². The first-order valence-electron chi connectivity index (χ1n) is 14.8. The van der Waals surface area contributed by atoms with Gasteiger partial charge in [-0.2, -0.15) is 0 Å². The van der Waals surface area contributed by atoms with Gasteiger partial charge in [0.15, 0.2) is 0 Å². The van der Waals surface area contributed by atoms with Crippen LogP contribution in [0.4, 0.5) is 0 Å². The summed E-state index contributed by atoms with van der Waals surface area (Å²) in [5, 5.41) is 111. The predicted octanol–water partition coefficient (Wildman–Crippen LogP) is 0.0137. The molecule has 0 bridgehead atoms. The lowest BCUT2D eigenvalue weighted by Crippen LogP contribution is -2.31. The Morgan fingerprint density at radius 3 is 0.900 bits per heavy atom. The van der Waals surface area contributed by atoms with Crippen molar-refractivity contribution in [3.63, 3.8) is 0 Å². The number of hydrogen-bond donors (Lipinski definition) is 11. The fraction of sp³-hybridized carbons (Fsp3) is 0.931. The molecule has 11 nitrogen and oxygen atoms in total. The zero-order valence-electron chi connectivity index (χ0n) is 24.2. The largest absolute Gasteiger partial charge is 0.393 e. The highest BCUT2D eigenvalue weighted by atomic mass is 16.3. The van der Waals surface area contributed by atoms with E-state index in [-0.39, 0.29) is 64.2 Å².